The molecule has 0 atom stereocenters. The van der Waals surface area contributed by atoms with E-state index in [1.165, 1.54) is 0 Å². The van der Waals surface area contributed by atoms with E-state index in [2.05, 4.69) is 15.3 Å². The Kier molecular flexibility index (Phi) is 4.39. The van der Waals surface area contributed by atoms with Crippen LogP contribution in [0.3, 0.4) is 0 Å². The van der Waals surface area contributed by atoms with E-state index in [0.29, 0.717) is 5.82 Å². The average Bonchev–Trinajstić information content (AvgIpc) is 2.68. The van der Waals surface area contributed by atoms with E-state index >= 15 is 0 Å². The molecule has 1 aliphatic heterocycles. The monoisotopic (exact) mass is 364 g/mol. The van der Waals surface area contributed by atoms with Gasteiger partial charge in [0.05, 0.1) is 0 Å². The molecule has 1 aromatic rings. The van der Waals surface area contributed by atoms with Crippen molar-refractivity contribution in [3.63, 3.8) is 0 Å². The minimum atomic E-state index is -10.7. The van der Waals surface area contributed by atoms with Crippen LogP contribution >= 0.6 is 7.81 Å². The number of hydrogen-bond donors (Lipinski definition) is 0. The topological polar surface area (TPSA) is 47.1 Å². The van der Waals surface area contributed by atoms with Gasteiger partial charge in [-0.05, 0) is 17.2 Å². The van der Waals surface area contributed by atoms with E-state index in [0.717, 1.165) is 11.6 Å². The molecule has 0 unspecified atom stereocenters. The molecule has 1 aromatic heterocycles. The molecular weight excluding hydrogens is 349 g/mol. The number of fused-ring (bicyclic) bond motifs is 1. The molecule has 0 fully saturated rings. The maximum atomic E-state index is 9.87. The van der Waals surface area contributed by atoms with Crippen molar-refractivity contribution in [1.29, 1.82) is 0 Å². The Morgan fingerprint density at radius 1 is 1.00 bits per heavy atom. The normalized spacial score (nSPS) is 15.8. The Bertz CT molecular complexity index is 630. The minimum absolute atomic E-state index is 0.656. The zero-order valence-corrected chi connectivity index (χ0v) is 13.5. The van der Waals surface area contributed by atoms with Crippen molar-refractivity contribution in [1.82, 2.24) is 14.8 Å². The van der Waals surface area contributed by atoms with Gasteiger partial charge in [0.25, 0.3) is 5.82 Å². The van der Waals surface area contributed by atoms with Crippen molar-refractivity contribution in [2.24, 2.45) is 10.3 Å². The molecule has 2 heterocycles. The molecule has 2 rings (SSSR count). The van der Waals surface area contributed by atoms with Crippen LogP contribution in [0.1, 0.15) is 0 Å². The van der Waals surface area contributed by atoms with E-state index in [1.54, 1.807) is 10.9 Å². The third-order valence-electron chi connectivity index (χ3n) is 2.21. The number of hydrogen-bond acceptors (Lipinski definition) is 3. The molecule has 0 amide bonds. The summed E-state index contributed by atoms with van der Waals surface area (Å²) in [6.45, 7) is 0. The summed E-state index contributed by atoms with van der Waals surface area (Å²) in [5, 5.41) is 8.15. The Hall–Kier alpha value is -1.97. The molecule has 132 valence electrons. The van der Waals surface area contributed by atoms with Gasteiger partial charge in [-0.2, -0.15) is 0 Å². The molecule has 23 heavy (non-hydrogen) atoms. The number of rotatable bonds is 0. The van der Waals surface area contributed by atoms with Crippen molar-refractivity contribution in [2.75, 3.05) is 28.2 Å². The second-order valence-corrected chi connectivity index (χ2v) is 6.81. The van der Waals surface area contributed by atoms with Gasteiger partial charge >= 0.3 is 38.9 Å². The standard InChI is InChI=1S/C10H15N6.F6P/c1-14(2)10(15(3)4)16-8-6-5-7-11-9(8)12-13-16;1-7(2,3,4,5)6/h5-7H,1-4H3;/q+1;-1. The fraction of sp³-hybridized carbons (Fsp3) is 0.400. The fourth-order valence-corrected chi connectivity index (χ4v) is 1.69. The summed E-state index contributed by atoms with van der Waals surface area (Å²) in [7, 11) is -2.77. The molecule has 0 saturated heterocycles. The summed E-state index contributed by atoms with van der Waals surface area (Å²) in [6.07, 6.45) is 1.71. The van der Waals surface area contributed by atoms with Crippen molar-refractivity contribution in [3.05, 3.63) is 18.3 Å². The van der Waals surface area contributed by atoms with Crippen LogP contribution in [-0.4, -0.2) is 53.6 Å². The third kappa shape index (κ3) is 7.22. The molecule has 13 heteroatoms. The summed E-state index contributed by atoms with van der Waals surface area (Å²) in [6, 6.07) is 3.83. The van der Waals surface area contributed by atoms with Crippen LogP contribution in [0.15, 0.2) is 28.7 Å². The van der Waals surface area contributed by atoms with E-state index in [4.69, 9.17) is 0 Å². The predicted octanol–water partition coefficient (Wildman–Crippen LogP) is 4.60. The van der Waals surface area contributed by atoms with Crippen molar-refractivity contribution in [3.8, 4) is 0 Å². The fourth-order valence-electron chi connectivity index (χ4n) is 1.69. The molecule has 0 spiro atoms. The molecule has 0 aromatic carbocycles. The van der Waals surface area contributed by atoms with E-state index < -0.39 is 7.81 Å². The van der Waals surface area contributed by atoms with Crippen molar-refractivity contribution >= 4 is 25.3 Å². The first-order valence-corrected chi connectivity index (χ1v) is 8.04. The number of aromatic nitrogens is 1. The van der Waals surface area contributed by atoms with Gasteiger partial charge in [0.15, 0.2) is 5.69 Å². The Balaban J connectivity index is 0.000000322. The summed E-state index contributed by atoms with van der Waals surface area (Å²) in [5.41, 5.74) is 0.903. The Labute approximate surface area is 127 Å². The molecule has 0 bridgehead atoms. The first-order valence-electron chi connectivity index (χ1n) is 6.01. The van der Waals surface area contributed by atoms with Gasteiger partial charge in [0, 0.05) is 39.6 Å². The van der Waals surface area contributed by atoms with Crippen LogP contribution in [0.4, 0.5) is 36.7 Å². The summed E-state index contributed by atoms with van der Waals surface area (Å²) in [5.74, 6) is 1.60. The van der Waals surface area contributed by atoms with Gasteiger partial charge in [-0.15, -0.1) is 0 Å². The van der Waals surface area contributed by atoms with Crippen LogP contribution in [-0.2, 0) is 0 Å². The first-order chi connectivity index (χ1) is 10.1. The van der Waals surface area contributed by atoms with Crippen molar-refractivity contribution < 1.29 is 29.9 Å². The molecule has 0 saturated carbocycles. The summed E-state index contributed by atoms with van der Waals surface area (Å²) >= 11 is 0. The zero-order valence-electron chi connectivity index (χ0n) is 12.6. The van der Waals surface area contributed by atoms with Crippen LogP contribution < -0.4 is 0 Å². The zero-order chi connectivity index (χ0) is 18.1. The second-order valence-electron chi connectivity index (χ2n) is 4.89. The van der Waals surface area contributed by atoms with Gasteiger partial charge in [-0.3, -0.25) is 9.80 Å². The van der Waals surface area contributed by atoms with E-state index in [1.807, 2.05) is 50.1 Å². The SMILES string of the molecule is CN(C)C(N(C)C)=[N+]1N=Nc2ncccc21.F[P-](F)(F)(F)(F)F. The van der Waals surface area contributed by atoms with Gasteiger partial charge in [0.1, 0.15) is 0 Å². The van der Waals surface area contributed by atoms with Gasteiger partial charge in [-0.1, -0.05) is 4.68 Å². The summed E-state index contributed by atoms with van der Waals surface area (Å²) < 4.78 is 61.0. The number of halogens is 6. The first kappa shape index (κ1) is 19.1. The molecule has 1 aliphatic rings. The summed E-state index contributed by atoms with van der Waals surface area (Å²) in [4.78, 5) is 8.13. The van der Waals surface area contributed by atoms with Crippen molar-refractivity contribution in [2.45, 2.75) is 0 Å². The number of pyridine rings is 1. The van der Waals surface area contributed by atoms with Gasteiger partial charge < -0.3 is 0 Å². The van der Waals surface area contributed by atoms with E-state index in [-0.39, 0.29) is 0 Å². The molecule has 6 nitrogen and oxygen atoms in total. The van der Waals surface area contributed by atoms with Crippen LogP contribution in [0.5, 0.6) is 0 Å². The molecular formula is C10H15F6N6P. The number of guanidine groups is 1. The van der Waals surface area contributed by atoms with Crippen LogP contribution in [0.25, 0.3) is 0 Å². The Morgan fingerprint density at radius 2 is 1.48 bits per heavy atom. The van der Waals surface area contributed by atoms with E-state index in [9.17, 15) is 25.2 Å². The molecule has 0 aliphatic carbocycles. The average molecular weight is 364 g/mol. The molecule has 0 N–H and O–H groups in total. The van der Waals surface area contributed by atoms with Gasteiger partial charge in [0.2, 0.25) is 0 Å². The third-order valence-corrected chi connectivity index (χ3v) is 2.21. The quantitative estimate of drug-likeness (QED) is 0.293. The van der Waals surface area contributed by atoms with Gasteiger partial charge in [-0.25, -0.2) is 4.98 Å². The number of nitrogens with zero attached hydrogens (tertiary/aromatic N) is 6. The molecule has 0 radical (unpaired) electrons. The maximum absolute atomic E-state index is 10.7. The second kappa shape index (κ2) is 5.29. The van der Waals surface area contributed by atoms with Crippen LogP contribution in [0.2, 0.25) is 0 Å². The predicted molar refractivity (Wildman–Crippen MR) is 74.6 cm³/mol. The Morgan fingerprint density at radius 3 is 1.91 bits per heavy atom. The van der Waals surface area contributed by atoms with Crippen LogP contribution in [0, 0.1) is 0 Å².